The summed E-state index contributed by atoms with van der Waals surface area (Å²) in [5, 5.41) is 0. The summed E-state index contributed by atoms with van der Waals surface area (Å²) in [6, 6.07) is 1.69. The molecule has 0 radical (unpaired) electrons. The molecule has 18 heavy (non-hydrogen) atoms. The Morgan fingerprint density at radius 3 is 2.50 bits per heavy atom. The molecule has 1 amide bonds. The van der Waals surface area contributed by atoms with Crippen LogP contribution in [0.1, 0.15) is 24.3 Å². The smallest absolute Gasteiger partial charge is 0.270 e. The lowest BCUT2D eigenvalue weighted by atomic mass is 10.2. The lowest BCUT2D eigenvalue weighted by Gasteiger charge is -2.25. The SMILES string of the molecule is CC(C)CN(CCN(C)C)C(=O)c1cc(N)c[nH]1. The van der Waals surface area contributed by atoms with Crippen LogP contribution in [0.3, 0.4) is 0 Å². The summed E-state index contributed by atoms with van der Waals surface area (Å²) in [6.45, 7) is 6.56. The monoisotopic (exact) mass is 252 g/mol. The van der Waals surface area contributed by atoms with Gasteiger partial charge in [0.05, 0.1) is 0 Å². The number of carbonyl (C=O) groups is 1. The van der Waals surface area contributed by atoms with E-state index in [9.17, 15) is 4.79 Å². The number of aromatic amines is 1. The van der Waals surface area contributed by atoms with Gasteiger partial charge in [-0.1, -0.05) is 13.8 Å². The van der Waals surface area contributed by atoms with Gasteiger partial charge >= 0.3 is 0 Å². The van der Waals surface area contributed by atoms with Crippen LogP contribution >= 0.6 is 0 Å². The van der Waals surface area contributed by atoms with Crippen LogP contribution in [0.4, 0.5) is 5.69 Å². The molecule has 5 heteroatoms. The number of likely N-dealkylation sites (N-methyl/N-ethyl adjacent to an activating group) is 1. The van der Waals surface area contributed by atoms with Gasteiger partial charge in [0.1, 0.15) is 5.69 Å². The van der Waals surface area contributed by atoms with Crippen molar-refractivity contribution in [2.45, 2.75) is 13.8 Å². The Hall–Kier alpha value is -1.49. The van der Waals surface area contributed by atoms with E-state index in [2.05, 4.69) is 23.7 Å². The van der Waals surface area contributed by atoms with Gasteiger partial charge in [-0.15, -0.1) is 0 Å². The number of amides is 1. The van der Waals surface area contributed by atoms with Crippen LogP contribution in [0.25, 0.3) is 0 Å². The second-order valence-electron chi connectivity index (χ2n) is 5.29. The van der Waals surface area contributed by atoms with Crippen LogP contribution in [0.15, 0.2) is 12.3 Å². The summed E-state index contributed by atoms with van der Waals surface area (Å²) in [6.07, 6.45) is 1.65. The maximum Gasteiger partial charge on any atom is 0.270 e. The van der Waals surface area contributed by atoms with E-state index in [1.807, 2.05) is 19.0 Å². The van der Waals surface area contributed by atoms with Crippen LogP contribution in [0, 0.1) is 5.92 Å². The van der Waals surface area contributed by atoms with Crippen molar-refractivity contribution in [3.8, 4) is 0 Å². The standard InChI is InChI=1S/C13H24N4O/c1-10(2)9-17(6-5-16(3)4)13(18)12-7-11(14)8-15-12/h7-8,10,15H,5-6,9,14H2,1-4H3. The minimum atomic E-state index is 0.0160. The topological polar surface area (TPSA) is 65.4 Å². The first-order chi connectivity index (χ1) is 8.40. The molecule has 0 aromatic carbocycles. The van der Waals surface area contributed by atoms with Crippen molar-refractivity contribution in [1.29, 1.82) is 0 Å². The lowest BCUT2D eigenvalue weighted by Crippen LogP contribution is -2.39. The first-order valence-electron chi connectivity index (χ1n) is 6.28. The fourth-order valence-corrected chi connectivity index (χ4v) is 1.74. The zero-order valence-corrected chi connectivity index (χ0v) is 11.7. The lowest BCUT2D eigenvalue weighted by molar-refractivity contribution is 0.0719. The Balaban J connectivity index is 2.72. The average molecular weight is 252 g/mol. The van der Waals surface area contributed by atoms with E-state index < -0.39 is 0 Å². The van der Waals surface area contributed by atoms with Gasteiger partial charge in [0.25, 0.3) is 5.91 Å². The highest BCUT2D eigenvalue weighted by Crippen LogP contribution is 2.10. The van der Waals surface area contributed by atoms with Crippen molar-refractivity contribution >= 4 is 11.6 Å². The van der Waals surface area contributed by atoms with E-state index in [4.69, 9.17) is 5.73 Å². The zero-order valence-electron chi connectivity index (χ0n) is 11.7. The summed E-state index contributed by atoms with van der Waals surface area (Å²) >= 11 is 0. The fourth-order valence-electron chi connectivity index (χ4n) is 1.74. The van der Waals surface area contributed by atoms with Gasteiger partial charge in [-0.2, -0.15) is 0 Å². The first kappa shape index (κ1) is 14.6. The van der Waals surface area contributed by atoms with E-state index in [1.54, 1.807) is 12.3 Å². The number of nitrogens with one attached hydrogen (secondary N) is 1. The molecule has 1 aromatic rings. The molecule has 5 nitrogen and oxygen atoms in total. The second-order valence-corrected chi connectivity index (χ2v) is 5.29. The molecule has 0 aliphatic carbocycles. The number of nitrogens with two attached hydrogens (primary N) is 1. The molecular weight excluding hydrogens is 228 g/mol. The summed E-state index contributed by atoms with van der Waals surface area (Å²) < 4.78 is 0. The largest absolute Gasteiger partial charge is 0.397 e. The Kier molecular flexibility index (Phi) is 5.22. The van der Waals surface area contributed by atoms with Crippen molar-refractivity contribution in [3.05, 3.63) is 18.0 Å². The third-order valence-corrected chi connectivity index (χ3v) is 2.63. The van der Waals surface area contributed by atoms with Crippen molar-refractivity contribution in [2.75, 3.05) is 39.5 Å². The minimum absolute atomic E-state index is 0.0160. The van der Waals surface area contributed by atoms with Crippen molar-refractivity contribution < 1.29 is 4.79 Å². The van der Waals surface area contributed by atoms with Crippen LogP contribution in [0.5, 0.6) is 0 Å². The second kappa shape index (κ2) is 6.44. The highest BCUT2D eigenvalue weighted by Gasteiger charge is 2.18. The normalized spacial score (nSPS) is 11.2. The number of H-pyrrole nitrogens is 1. The zero-order chi connectivity index (χ0) is 13.7. The summed E-state index contributed by atoms with van der Waals surface area (Å²) in [7, 11) is 4.01. The van der Waals surface area contributed by atoms with Gasteiger partial charge in [-0.3, -0.25) is 4.79 Å². The molecule has 0 unspecified atom stereocenters. The van der Waals surface area contributed by atoms with Crippen LogP contribution in [-0.2, 0) is 0 Å². The number of rotatable bonds is 6. The molecule has 0 bridgehead atoms. The number of anilines is 1. The van der Waals surface area contributed by atoms with Gasteiger partial charge in [0.2, 0.25) is 0 Å². The Morgan fingerprint density at radius 1 is 1.39 bits per heavy atom. The molecule has 1 heterocycles. The Labute approximate surface area is 109 Å². The number of hydrogen-bond acceptors (Lipinski definition) is 3. The molecule has 0 aliphatic rings. The molecule has 3 N–H and O–H groups in total. The molecule has 0 aliphatic heterocycles. The molecule has 0 saturated carbocycles. The number of nitrogens with zero attached hydrogens (tertiary/aromatic N) is 2. The highest BCUT2D eigenvalue weighted by molar-refractivity contribution is 5.93. The number of nitrogen functional groups attached to an aromatic ring is 1. The molecule has 0 fully saturated rings. The predicted octanol–water partition coefficient (Wildman–Crippen LogP) is 1.26. The summed E-state index contributed by atoms with van der Waals surface area (Å²) in [4.78, 5) is 19.2. The fraction of sp³-hybridized carbons (Fsp3) is 0.615. The molecule has 1 aromatic heterocycles. The van der Waals surface area contributed by atoms with Gasteiger partial charge < -0.3 is 20.5 Å². The first-order valence-corrected chi connectivity index (χ1v) is 6.28. The average Bonchev–Trinajstić information content (AvgIpc) is 2.69. The van der Waals surface area contributed by atoms with E-state index in [0.717, 1.165) is 19.6 Å². The molecule has 1 rings (SSSR count). The van der Waals surface area contributed by atoms with Gasteiger partial charge in [0, 0.05) is 31.5 Å². The number of hydrogen-bond donors (Lipinski definition) is 2. The van der Waals surface area contributed by atoms with E-state index >= 15 is 0 Å². The molecule has 102 valence electrons. The van der Waals surface area contributed by atoms with Crippen molar-refractivity contribution in [3.63, 3.8) is 0 Å². The number of carbonyl (C=O) groups excluding carboxylic acids is 1. The summed E-state index contributed by atoms with van der Waals surface area (Å²) in [5.41, 5.74) is 6.78. The van der Waals surface area contributed by atoms with Gasteiger partial charge in [0.15, 0.2) is 0 Å². The van der Waals surface area contributed by atoms with Crippen LogP contribution < -0.4 is 5.73 Å². The molecular formula is C13H24N4O. The third-order valence-electron chi connectivity index (χ3n) is 2.63. The van der Waals surface area contributed by atoms with E-state index in [0.29, 0.717) is 17.3 Å². The Morgan fingerprint density at radius 2 is 2.06 bits per heavy atom. The summed E-state index contributed by atoms with van der Waals surface area (Å²) in [5.74, 6) is 0.464. The van der Waals surface area contributed by atoms with Gasteiger partial charge in [-0.05, 0) is 26.1 Å². The number of aromatic nitrogens is 1. The molecule has 0 atom stereocenters. The van der Waals surface area contributed by atoms with Crippen LogP contribution in [-0.4, -0.2) is 54.4 Å². The quantitative estimate of drug-likeness (QED) is 0.801. The highest BCUT2D eigenvalue weighted by atomic mass is 16.2. The van der Waals surface area contributed by atoms with Crippen molar-refractivity contribution in [1.82, 2.24) is 14.8 Å². The molecule has 0 saturated heterocycles. The Bertz CT molecular complexity index is 384. The molecule has 0 spiro atoms. The maximum absolute atomic E-state index is 12.3. The third kappa shape index (κ3) is 4.41. The maximum atomic E-state index is 12.3. The predicted molar refractivity (Wildman–Crippen MR) is 74.5 cm³/mol. The van der Waals surface area contributed by atoms with Gasteiger partial charge in [-0.25, -0.2) is 0 Å². The minimum Gasteiger partial charge on any atom is -0.397 e. The van der Waals surface area contributed by atoms with E-state index in [1.165, 1.54) is 0 Å². The van der Waals surface area contributed by atoms with Crippen LogP contribution in [0.2, 0.25) is 0 Å². The van der Waals surface area contributed by atoms with Crippen molar-refractivity contribution in [2.24, 2.45) is 5.92 Å². The van der Waals surface area contributed by atoms with E-state index in [-0.39, 0.29) is 5.91 Å².